The Kier molecular flexibility index (Phi) is 12.2. The number of benzene rings is 3. The molecular formula is C38H39Cl2F3N8O3. The number of rotatable bonds is 12. The highest BCUT2D eigenvalue weighted by Gasteiger charge is 2.36. The van der Waals surface area contributed by atoms with Crippen LogP contribution in [-0.4, -0.2) is 63.6 Å². The minimum atomic E-state index is -4.86. The lowest BCUT2D eigenvalue weighted by Crippen LogP contribution is -2.43. The van der Waals surface area contributed by atoms with E-state index in [1.807, 2.05) is 24.3 Å². The van der Waals surface area contributed by atoms with Crippen LogP contribution in [0.15, 0.2) is 66.9 Å². The van der Waals surface area contributed by atoms with Gasteiger partial charge in [0.15, 0.2) is 5.65 Å². The summed E-state index contributed by atoms with van der Waals surface area (Å²) in [5, 5.41) is 8.79. The molecule has 0 spiro atoms. The molecule has 5 aromatic rings. The third kappa shape index (κ3) is 9.48. The molecule has 0 aliphatic rings. The predicted molar refractivity (Wildman–Crippen MR) is 207 cm³/mol. The zero-order chi connectivity index (χ0) is 39.4. The molecule has 284 valence electrons. The van der Waals surface area contributed by atoms with Gasteiger partial charge in [-0.15, -0.1) is 0 Å². The van der Waals surface area contributed by atoms with Gasteiger partial charge in [-0.25, -0.2) is 14.8 Å². The van der Waals surface area contributed by atoms with E-state index in [1.165, 1.54) is 24.4 Å². The van der Waals surface area contributed by atoms with Crippen molar-refractivity contribution in [1.29, 1.82) is 0 Å². The third-order valence-electron chi connectivity index (χ3n) is 8.24. The Morgan fingerprint density at radius 1 is 0.926 bits per heavy atom. The maximum Gasteiger partial charge on any atom is 0.417 e. The lowest BCUT2D eigenvalue weighted by atomic mass is 9.91. The summed E-state index contributed by atoms with van der Waals surface area (Å²) in [5.74, 6) is -0.238. The molecule has 0 fully saturated rings. The SMILES string of the molecule is CCN(CC)CCOc1ccc(Nc2ncc3cc(-c4c(Cl)ccc(-c5c(C(N)=O)cccc5C(F)(F)F)c4Cl)c(NC(=O)NC(C)(C)C)nc3n2)cc1. The van der Waals surface area contributed by atoms with Gasteiger partial charge >= 0.3 is 12.2 Å². The number of carbonyl (C=O) groups excluding carboxylic acids is 2. The number of hydrogen-bond acceptors (Lipinski definition) is 8. The first-order valence-electron chi connectivity index (χ1n) is 17.0. The van der Waals surface area contributed by atoms with Gasteiger partial charge < -0.3 is 26.0 Å². The number of nitrogens with two attached hydrogens (primary N) is 1. The van der Waals surface area contributed by atoms with Crippen LogP contribution in [0.5, 0.6) is 5.75 Å². The highest BCUT2D eigenvalue weighted by Crippen LogP contribution is 2.47. The third-order valence-corrected chi connectivity index (χ3v) is 8.94. The van der Waals surface area contributed by atoms with Crippen LogP contribution in [0.25, 0.3) is 33.3 Å². The average Bonchev–Trinajstić information content (AvgIpc) is 3.09. The van der Waals surface area contributed by atoms with Crippen LogP contribution in [-0.2, 0) is 6.18 Å². The second-order valence-corrected chi connectivity index (χ2v) is 14.0. The average molecular weight is 784 g/mol. The largest absolute Gasteiger partial charge is 0.492 e. The fourth-order valence-corrected chi connectivity index (χ4v) is 6.33. The molecule has 3 amide bonds. The van der Waals surface area contributed by atoms with Crippen molar-refractivity contribution in [3.63, 3.8) is 0 Å². The zero-order valence-electron chi connectivity index (χ0n) is 30.2. The topological polar surface area (TPSA) is 147 Å². The maximum atomic E-state index is 14.3. The van der Waals surface area contributed by atoms with Gasteiger partial charge in [-0.1, -0.05) is 49.2 Å². The van der Waals surface area contributed by atoms with Gasteiger partial charge in [-0.3, -0.25) is 10.1 Å². The molecule has 54 heavy (non-hydrogen) atoms. The summed E-state index contributed by atoms with van der Waals surface area (Å²) in [4.78, 5) is 41.4. The number of primary amides is 1. The standard InChI is InChI=1S/C38H39Cl2F3N8O3/c1-6-51(7-2)17-18-54-23-13-11-22(12-14-23)46-35-45-20-21-19-26(34(47-33(21)48-35)49-36(53)50-37(3,4)5)30-28(39)16-15-24(31(30)40)29-25(32(44)52)9-8-10-27(29)38(41,42)43/h8-16,19-20H,6-7,17-18H2,1-5H3,(H2,44,52)(H3,45,46,47,48,49,50,53). The van der Waals surface area contributed by atoms with Gasteiger partial charge in [0.1, 0.15) is 18.2 Å². The van der Waals surface area contributed by atoms with E-state index in [1.54, 1.807) is 26.8 Å². The number of ether oxygens (including phenoxy) is 1. The van der Waals surface area contributed by atoms with Gasteiger partial charge in [0.25, 0.3) is 0 Å². The fourth-order valence-electron chi connectivity index (χ4n) is 5.66. The molecule has 0 radical (unpaired) electrons. The predicted octanol–water partition coefficient (Wildman–Crippen LogP) is 9.17. The van der Waals surface area contributed by atoms with E-state index in [9.17, 15) is 22.8 Å². The molecule has 0 saturated carbocycles. The summed E-state index contributed by atoms with van der Waals surface area (Å²) in [6.07, 6.45) is -3.38. The smallest absolute Gasteiger partial charge is 0.417 e. The number of hydrogen-bond donors (Lipinski definition) is 4. The lowest BCUT2D eigenvalue weighted by Gasteiger charge is -2.22. The monoisotopic (exact) mass is 782 g/mol. The zero-order valence-corrected chi connectivity index (χ0v) is 31.7. The maximum absolute atomic E-state index is 14.3. The van der Waals surface area contributed by atoms with Crippen molar-refractivity contribution in [2.75, 3.05) is 36.9 Å². The highest BCUT2D eigenvalue weighted by atomic mass is 35.5. The van der Waals surface area contributed by atoms with Crippen molar-refractivity contribution in [2.24, 2.45) is 5.73 Å². The van der Waals surface area contributed by atoms with E-state index in [0.717, 1.165) is 31.8 Å². The number of nitrogens with one attached hydrogen (secondary N) is 3. The Balaban J connectivity index is 1.57. The molecule has 0 unspecified atom stereocenters. The molecule has 2 heterocycles. The van der Waals surface area contributed by atoms with Gasteiger partial charge in [-0.2, -0.15) is 18.2 Å². The minimum Gasteiger partial charge on any atom is -0.492 e. The second-order valence-electron chi connectivity index (χ2n) is 13.2. The number of halogens is 5. The summed E-state index contributed by atoms with van der Waals surface area (Å²) in [6.45, 7) is 12.8. The van der Waals surface area contributed by atoms with Crippen molar-refractivity contribution in [2.45, 2.75) is 46.3 Å². The summed E-state index contributed by atoms with van der Waals surface area (Å²) in [6, 6.07) is 13.9. The number of anilines is 3. The molecule has 5 N–H and O–H groups in total. The Bertz CT molecular complexity index is 2170. The normalized spacial score (nSPS) is 11.8. The number of aromatic nitrogens is 3. The van der Waals surface area contributed by atoms with Gasteiger partial charge in [-0.05, 0) is 82.4 Å². The van der Waals surface area contributed by atoms with Crippen LogP contribution in [0.4, 0.5) is 35.4 Å². The van der Waals surface area contributed by atoms with Gasteiger partial charge in [0.2, 0.25) is 11.9 Å². The van der Waals surface area contributed by atoms with E-state index in [0.29, 0.717) is 23.4 Å². The number of likely N-dealkylation sites (N-methyl/N-ethyl adjacent to an activating group) is 1. The number of carbonyl (C=O) groups is 2. The van der Waals surface area contributed by atoms with Crippen molar-refractivity contribution < 1.29 is 27.5 Å². The molecule has 2 aromatic heterocycles. The molecule has 3 aromatic carbocycles. The van der Waals surface area contributed by atoms with Crippen molar-refractivity contribution >= 4 is 63.6 Å². The van der Waals surface area contributed by atoms with Crippen LogP contribution >= 0.6 is 23.2 Å². The summed E-state index contributed by atoms with van der Waals surface area (Å²) >= 11 is 13.6. The minimum absolute atomic E-state index is 0.0222. The van der Waals surface area contributed by atoms with Crippen LogP contribution in [0, 0.1) is 0 Å². The van der Waals surface area contributed by atoms with Crippen LogP contribution in [0.1, 0.15) is 50.5 Å². The summed E-state index contributed by atoms with van der Waals surface area (Å²) in [5.41, 5.74) is 3.69. The van der Waals surface area contributed by atoms with Crippen molar-refractivity contribution in [1.82, 2.24) is 25.2 Å². The number of amides is 3. The van der Waals surface area contributed by atoms with Gasteiger partial charge in [0.05, 0.1) is 15.6 Å². The first-order chi connectivity index (χ1) is 25.5. The fraction of sp³-hybridized carbons (Fsp3) is 0.289. The first kappa shape index (κ1) is 40.0. The molecular weight excluding hydrogens is 744 g/mol. The van der Waals surface area contributed by atoms with Crippen molar-refractivity contribution in [3.8, 4) is 28.0 Å². The van der Waals surface area contributed by atoms with E-state index in [4.69, 9.17) is 33.7 Å². The quantitative estimate of drug-likeness (QED) is 0.0980. The van der Waals surface area contributed by atoms with E-state index >= 15 is 0 Å². The van der Waals surface area contributed by atoms with E-state index in [-0.39, 0.29) is 44.1 Å². The molecule has 16 heteroatoms. The Labute approximate surface area is 320 Å². The molecule has 0 atom stereocenters. The molecule has 0 saturated heterocycles. The summed E-state index contributed by atoms with van der Waals surface area (Å²) < 4.78 is 48.8. The molecule has 11 nitrogen and oxygen atoms in total. The Morgan fingerprint density at radius 2 is 1.63 bits per heavy atom. The molecule has 5 rings (SSSR count). The molecule has 0 bridgehead atoms. The first-order valence-corrected chi connectivity index (χ1v) is 17.7. The van der Waals surface area contributed by atoms with Crippen LogP contribution < -0.4 is 26.4 Å². The number of alkyl halides is 3. The number of nitrogens with zero attached hydrogens (tertiary/aromatic N) is 4. The Morgan fingerprint density at radius 3 is 2.26 bits per heavy atom. The van der Waals surface area contributed by atoms with Crippen LogP contribution in [0.2, 0.25) is 10.0 Å². The molecule has 0 aliphatic carbocycles. The van der Waals surface area contributed by atoms with Crippen LogP contribution in [0.3, 0.4) is 0 Å². The van der Waals surface area contributed by atoms with E-state index < -0.39 is 40.3 Å². The number of urea groups is 1. The Hall–Kier alpha value is -5.18. The number of pyridine rings is 1. The second kappa shape index (κ2) is 16.5. The van der Waals surface area contributed by atoms with Crippen molar-refractivity contribution in [3.05, 3.63) is 88.0 Å². The summed E-state index contributed by atoms with van der Waals surface area (Å²) in [7, 11) is 0. The molecule has 0 aliphatic heterocycles. The lowest BCUT2D eigenvalue weighted by molar-refractivity contribution is -0.137. The van der Waals surface area contributed by atoms with Gasteiger partial charge in [0, 0.05) is 57.2 Å². The van der Waals surface area contributed by atoms with E-state index in [2.05, 4.69) is 49.6 Å². The number of fused-ring (bicyclic) bond motifs is 1. The highest BCUT2D eigenvalue weighted by molar-refractivity contribution is 6.41.